The first-order chi connectivity index (χ1) is 9.33. The van der Waals surface area contributed by atoms with E-state index in [-0.39, 0.29) is 10.5 Å². The number of carbonyl (C=O) groups excluding carboxylic acids is 1. The van der Waals surface area contributed by atoms with E-state index in [1.807, 2.05) is 36.0 Å². The van der Waals surface area contributed by atoms with E-state index >= 15 is 0 Å². The molecule has 0 aromatic carbocycles. The third-order valence-electron chi connectivity index (χ3n) is 3.31. The fourth-order valence-electron chi connectivity index (χ4n) is 2.34. The van der Waals surface area contributed by atoms with E-state index in [9.17, 15) is 4.79 Å². The molecule has 0 bridgehead atoms. The van der Waals surface area contributed by atoms with Crippen LogP contribution < -0.4 is 0 Å². The molecule has 2 aromatic heterocycles. The van der Waals surface area contributed by atoms with Gasteiger partial charge in [0.05, 0.1) is 0 Å². The average Bonchev–Trinajstić information content (AvgIpc) is 2.48. The highest BCUT2D eigenvalue weighted by Gasteiger charge is 2.29. The third-order valence-corrected chi connectivity index (χ3v) is 4.85. The Hall–Kier alpha value is -1.68. The summed E-state index contributed by atoms with van der Waals surface area (Å²) in [7, 11) is 0. The van der Waals surface area contributed by atoms with Crippen LogP contribution in [0.3, 0.4) is 0 Å². The molecule has 19 heavy (non-hydrogen) atoms. The van der Waals surface area contributed by atoms with Gasteiger partial charge in [-0.15, -0.1) is 11.8 Å². The number of aromatic nitrogens is 2. The average molecular weight is 270 g/mol. The van der Waals surface area contributed by atoms with Crippen molar-refractivity contribution in [1.29, 1.82) is 0 Å². The number of pyridine rings is 2. The fraction of sp³-hybridized carbons (Fsp3) is 0.267. The Morgan fingerprint density at radius 3 is 1.68 bits per heavy atom. The number of hydrogen-bond donors (Lipinski definition) is 0. The van der Waals surface area contributed by atoms with Crippen molar-refractivity contribution in [3.05, 3.63) is 60.2 Å². The van der Waals surface area contributed by atoms with Crippen LogP contribution in [0.2, 0.25) is 0 Å². The topological polar surface area (TPSA) is 42.9 Å². The molecular formula is C15H14N2OS. The highest BCUT2D eigenvalue weighted by Crippen LogP contribution is 2.48. The van der Waals surface area contributed by atoms with Crippen molar-refractivity contribution in [2.24, 2.45) is 0 Å². The van der Waals surface area contributed by atoms with E-state index < -0.39 is 0 Å². The molecule has 1 aliphatic heterocycles. The molecule has 3 heterocycles. The maximum atomic E-state index is 12.0. The van der Waals surface area contributed by atoms with Crippen LogP contribution in [0.5, 0.6) is 0 Å². The van der Waals surface area contributed by atoms with Crippen molar-refractivity contribution in [2.45, 2.75) is 23.3 Å². The van der Waals surface area contributed by atoms with Crippen LogP contribution in [-0.2, 0) is 4.79 Å². The minimum atomic E-state index is 0.238. The normalized spacial score (nSPS) is 23.3. The lowest BCUT2D eigenvalue weighted by molar-refractivity contribution is -0.119. The highest BCUT2D eigenvalue weighted by molar-refractivity contribution is 7.99. The molecule has 1 aliphatic rings. The molecule has 0 amide bonds. The predicted molar refractivity (Wildman–Crippen MR) is 75.8 cm³/mol. The van der Waals surface area contributed by atoms with Gasteiger partial charge < -0.3 is 0 Å². The Kier molecular flexibility index (Phi) is 3.60. The van der Waals surface area contributed by atoms with E-state index in [1.165, 1.54) is 11.1 Å². The van der Waals surface area contributed by atoms with Gasteiger partial charge in [-0.05, 0) is 35.4 Å². The smallest absolute Gasteiger partial charge is 0.135 e. The molecule has 1 saturated heterocycles. The lowest BCUT2D eigenvalue weighted by Crippen LogP contribution is -2.15. The zero-order valence-electron chi connectivity index (χ0n) is 10.4. The van der Waals surface area contributed by atoms with E-state index in [1.54, 1.807) is 24.8 Å². The van der Waals surface area contributed by atoms with Crippen LogP contribution in [0.15, 0.2) is 49.1 Å². The first-order valence-corrected chi connectivity index (χ1v) is 7.24. The fourth-order valence-corrected chi connectivity index (χ4v) is 3.93. The summed E-state index contributed by atoms with van der Waals surface area (Å²) >= 11 is 1.87. The van der Waals surface area contributed by atoms with E-state index in [0.29, 0.717) is 18.6 Å². The van der Waals surface area contributed by atoms with Crippen LogP contribution in [-0.4, -0.2) is 15.8 Å². The first-order valence-electron chi connectivity index (χ1n) is 6.30. The number of nitrogens with zero attached hydrogens (tertiary/aromatic N) is 2. The quantitative estimate of drug-likeness (QED) is 0.839. The number of thioether (sulfide) groups is 1. The second-order valence-electron chi connectivity index (χ2n) is 4.62. The Bertz CT molecular complexity index is 509. The van der Waals surface area contributed by atoms with E-state index in [0.717, 1.165) is 0 Å². The maximum absolute atomic E-state index is 12.0. The third kappa shape index (κ3) is 2.84. The van der Waals surface area contributed by atoms with Gasteiger partial charge in [0.25, 0.3) is 0 Å². The lowest BCUT2D eigenvalue weighted by atomic mass is 10.0. The molecule has 0 saturated carbocycles. The molecule has 0 radical (unpaired) electrons. The van der Waals surface area contributed by atoms with Crippen molar-refractivity contribution < 1.29 is 4.79 Å². The van der Waals surface area contributed by atoms with Crippen LogP contribution in [0.4, 0.5) is 0 Å². The number of Topliss-reactive ketones (excluding diaryl/α,β-unsaturated/α-hetero) is 1. The monoisotopic (exact) mass is 270 g/mol. The molecule has 96 valence electrons. The molecule has 1 fully saturated rings. The van der Waals surface area contributed by atoms with Crippen LogP contribution in [0.25, 0.3) is 0 Å². The van der Waals surface area contributed by atoms with Gasteiger partial charge in [0, 0.05) is 48.1 Å². The molecule has 2 unspecified atom stereocenters. The molecular weight excluding hydrogens is 256 g/mol. The van der Waals surface area contributed by atoms with Crippen molar-refractivity contribution in [3.63, 3.8) is 0 Å². The zero-order valence-corrected chi connectivity index (χ0v) is 11.2. The second-order valence-corrected chi connectivity index (χ2v) is 6.03. The van der Waals surface area contributed by atoms with Crippen LogP contribution >= 0.6 is 11.8 Å². The Morgan fingerprint density at radius 1 is 0.842 bits per heavy atom. The summed E-state index contributed by atoms with van der Waals surface area (Å²) in [6.07, 6.45) is 8.40. The van der Waals surface area contributed by atoms with E-state index in [4.69, 9.17) is 0 Å². The van der Waals surface area contributed by atoms with Crippen molar-refractivity contribution in [1.82, 2.24) is 9.97 Å². The standard InChI is InChI=1S/C15H14N2OS/c18-13-9-14(11-1-5-16-6-2-11)19-15(10-13)12-3-7-17-8-4-12/h1-8,14-15H,9-10H2. The molecule has 3 rings (SSSR count). The predicted octanol–water partition coefficient (Wildman–Crippen LogP) is 3.36. The lowest BCUT2D eigenvalue weighted by Gasteiger charge is -2.28. The van der Waals surface area contributed by atoms with Crippen LogP contribution in [0.1, 0.15) is 34.5 Å². The summed E-state index contributed by atoms with van der Waals surface area (Å²) in [4.78, 5) is 20.1. The summed E-state index contributed by atoms with van der Waals surface area (Å²) in [5, 5.41) is 0.477. The molecule has 2 aromatic rings. The van der Waals surface area contributed by atoms with Crippen LogP contribution in [0, 0.1) is 0 Å². The number of carbonyl (C=O) groups is 1. The Morgan fingerprint density at radius 2 is 1.26 bits per heavy atom. The van der Waals surface area contributed by atoms with Crippen molar-refractivity contribution >= 4 is 17.5 Å². The highest BCUT2D eigenvalue weighted by atomic mass is 32.2. The summed E-state index contributed by atoms with van der Waals surface area (Å²) < 4.78 is 0. The SMILES string of the molecule is O=C1CC(c2ccncc2)SC(c2ccncc2)C1. The summed E-state index contributed by atoms with van der Waals surface area (Å²) in [6, 6.07) is 8.00. The van der Waals surface area contributed by atoms with E-state index in [2.05, 4.69) is 9.97 Å². The zero-order chi connectivity index (χ0) is 13.1. The maximum Gasteiger partial charge on any atom is 0.135 e. The molecule has 0 N–H and O–H groups in total. The van der Waals surface area contributed by atoms with Gasteiger partial charge in [-0.3, -0.25) is 14.8 Å². The van der Waals surface area contributed by atoms with Gasteiger partial charge in [0.1, 0.15) is 5.78 Å². The Labute approximate surface area is 116 Å². The minimum absolute atomic E-state index is 0.238. The molecule has 0 aliphatic carbocycles. The number of ketones is 1. The number of hydrogen-bond acceptors (Lipinski definition) is 4. The van der Waals surface area contributed by atoms with Gasteiger partial charge >= 0.3 is 0 Å². The Balaban J connectivity index is 1.84. The van der Waals surface area contributed by atoms with Gasteiger partial charge in [-0.1, -0.05) is 0 Å². The molecule has 0 spiro atoms. The summed E-state index contributed by atoms with van der Waals surface area (Å²) in [6.45, 7) is 0. The second kappa shape index (κ2) is 5.53. The van der Waals surface area contributed by atoms with Gasteiger partial charge in [-0.25, -0.2) is 0 Å². The van der Waals surface area contributed by atoms with Crippen molar-refractivity contribution in [2.75, 3.05) is 0 Å². The largest absolute Gasteiger partial charge is 0.300 e. The molecule has 2 atom stereocenters. The summed E-state index contributed by atoms with van der Waals surface area (Å²) in [5.74, 6) is 0.336. The van der Waals surface area contributed by atoms with Gasteiger partial charge in [0.2, 0.25) is 0 Å². The van der Waals surface area contributed by atoms with Gasteiger partial charge in [-0.2, -0.15) is 0 Å². The molecule has 4 heteroatoms. The number of rotatable bonds is 2. The summed E-state index contributed by atoms with van der Waals surface area (Å²) in [5.41, 5.74) is 2.37. The van der Waals surface area contributed by atoms with Gasteiger partial charge in [0.15, 0.2) is 0 Å². The first kappa shape index (κ1) is 12.4. The minimum Gasteiger partial charge on any atom is -0.300 e. The van der Waals surface area contributed by atoms with Crippen molar-refractivity contribution in [3.8, 4) is 0 Å². The molecule has 3 nitrogen and oxygen atoms in total.